The normalized spacial score (nSPS) is 7.55. The average molecular weight is 160 g/mol. The maximum absolute atomic E-state index is 10.3. The van der Waals surface area contributed by atoms with E-state index in [1.807, 2.05) is 0 Å². The van der Waals surface area contributed by atoms with Gasteiger partial charge in [-0.2, -0.15) is 0 Å². The maximum Gasteiger partial charge on any atom is 0.243 e. The first kappa shape index (κ1) is 12.8. The Labute approximate surface area is 67.1 Å². The van der Waals surface area contributed by atoms with Crippen LogP contribution < -0.4 is 11.1 Å². The molecule has 0 heterocycles. The molecular weight excluding hydrogens is 144 g/mol. The molecule has 0 bridgehead atoms. The summed E-state index contributed by atoms with van der Waals surface area (Å²) in [6, 6.07) is 0. The number of hydrogen-bond donors (Lipinski definition) is 3. The quantitative estimate of drug-likeness (QED) is 0.475. The van der Waals surface area contributed by atoms with Crippen LogP contribution in [0.2, 0.25) is 0 Å². The van der Waals surface area contributed by atoms with Crippen molar-refractivity contribution in [3.63, 3.8) is 0 Å². The van der Waals surface area contributed by atoms with Crippen molar-refractivity contribution in [1.29, 1.82) is 0 Å². The monoisotopic (exact) mass is 160 g/mol. The molecule has 0 saturated carbocycles. The highest BCUT2D eigenvalue weighted by Crippen LogP contribution is 1.61. The van der Waals surface area contributed by atoms with Crippen LogP contribution in [0, 0.1) is 0 Å². The summed E-state index contributed by atoms with van der Waals surface area (Å²) in [5.74, 6) is -0.171. The number of nitrogens with two attached hydrogens (primary N) is 1. The maximum atomic E-state index is 10.3. The van der Waals surface area contributed by atoms with Crippen LogP contribution >= 0.6 is 0 Å². The third-order valence-corrected chi connectivity index (χ3v) is 0.629. The van der Waals surface area contributed by atoms with Crippen LogP contribution in [0.4, 0.5) is 0 Å². The average Bonchev–Trinajstić information content (AvgIpc) is 2.02. The van der Waals surface area contributed by atoms with Crippen LogP contribution in [0.25, 0.3) is 0 Å². The Kier molecular flexibility index (Phi) is 13.8. The summed E-state index contributed by atoms with van der Waals surface area (Å²) in [5.41, 5.74) is 5.08. The fourth-order valence-electron chi connectivity index (χ4n) is 0.268. The second-order valence-corrected chi connectivity index (χ2v) is 1.60. The van der Waals surface area contributed by atoms with Crippen molar-refractivity contribution < 1.29 is 9.90 Å². The highest BCUT2D eigenvalue weighted by molar-refractivity contribution is 5.86. The lowest BCUT2D eigenvalue weighted by molar-refractivity contribution is -0.116. The zero-order valence-corrected chi connectivity index (χ0v) is 6.84. The molecule has 0 aromatic heterocycles. The van der Waals surface area contributed by atoms with E-state index >= 15 is 0 Å². The summed E-state index contributed by atoms with van der Waals surface area (Å²) in [6.45, 7) is 6.18. The molecule has 0 aliphatic carbocycles. The summed E-state index contributed by atoms with van der Waals surface area (Å²) in [4.78, 5) is 10.3. The van der Waals surface area contributed by atoms with Crippen molar-refractivity contribution in [2.45, 2.75) is 6.92 Å². The Morgan fingerprint density at radius 3 is 2.55 bits per heavy atom. The third-order valence-electron chi connectivity index (χ3n) is 0.629. The number of nitrogens with one attached hydrogen (secondary N) is 1. The fraction of sp³-hybridized carbons (Fsp3) is 0.571. The van der Waals surface area contributed by atoms with Gasteiger partial charge in [0.05, 0.1) is 0 Å². The highest BCUT2D eigenvalue weighted by atomic mass is 16.2. The van der Waals surface area contributed by atoms with Gasteiger partial charge in [0.25, 0.3) is 0 Å². The van der Waals surface area contributed by atoms with Crippen molar-refractivity contribution >= 4 is 5.91 Å². The van der Waals surface area contributed by atoms with Gasteiger partial charge in [-0.1, -0.05) is 6.58 Å². The molecule has 0 unspecified atom stereocenters. The van der Waals surface area contributed by atoms with E-state index in [2.05, 4.69) is 11.9 Å². The van der Waals surface area contributed by atoms with Gasteiger partial charge >= 0.3 is 0 Å². The molecule has 0 spiro atoms. The number of aliphatic hydroxyl groups excluding tert-OH is 1. The number of rotatable bonds is 3. The summed E-state index contributed by atoms with van der Waals surface area (Å²) in [5, 5.41) is 10.1. The molecule has 1 amide bonds. The molecule has 11 heavy (non-hydrogen) atoms. The summed E-state index contributed by atoms with van der Waals surface area (Å²) in [6.07, 6.45) is 1.22. The second-order valence-electron chi connectivity index (χ2n) is 1.60. The molecule has 0 aliphatic rings. The van der Waals surface area contributed by atoms with E-state index in [0.717, 1.165) is 0 Å². The molecule has 0 radical (unpaired) electrons. The van der Waals surface area contributed by atoms with Gasteiger partial charge in [0.1, 0.15) is 0 Å². The van der Waals surface area contributed by atoms with E-state index in [4.69, 9.17) is 10.8 Å². The minimum absolute atomic E-state index is 0.171. The molecule has 4 heteroatoms. The lowest BCUT2D eigenvalue weighted by Crippen LogP contribution is -2.27. The van der Waals surface area contributed by atoms with E-state index in [1.54, 1.807) is 6.92 Å². The van der Waals surface area contributed by atoms with E-state index < -0.39 is 0 Å². The van der Waals surface area contributed by atoms with E-state index in [1.165, 1.54) is 6.08 Å². The minimum atomic E-state index is -0.171. The van der Waals surface area contributed by atoms with Crippen molar-refractivity contribution in [1.82, 2.24) is 5.32 Å². The largest absolute Gasteiger partial charge is 0.397 e. The van der Waals surface area contributed by atoms with Gasteiger partial charge in [0, 0.05) is 19.7 Å². The molecule has 4 nitrogen and oxygen atoms in total. The zero-order valence-electron chi connectivity index (χ0n) is 6.84. The Hall–Kier alpha value is -0.870. The van der Waals surface area contributed by atoms with Crippen LogP contribution in [0.15, 0.2) is 12.7 Å². The number of hydrogen-bond acceptors (Lipinski definition) is 3. The van der Waals surface area contributed by atoms with E-state index in [0.29, 0.717) is 13.1 Å². The first-order valence-electron chi connectivity index (χ1n) is 3.44. The van der Waals surface area contributed by atoms with Crippen molar-refractivity contribution in [2.75, 3.05) is 19.7 Å². The van der Waals surface area contributed by atoms with Crippen molar-refractivity contribution in [2.24, 2.45) is 5.73 Å². The molecule has 0 aromatic carbocycles. The minimum Gasteiger partial charge on any atom is -0.397 e. The van der Waals surface area contributed by atoms with Crippen LogP contribution in [-0.2, 0) is 4.79 Å². The van der Waals surface area contributed by atoms with Gasteiger partial charge in [-0.15, -0.1) is 0 Å². The Morgan fingerprint density at radius 1 is 1.82 bits per heavy atom. The SMILES string of the molecule is C=CC(=O)NCCN.CCO. The van der Waals surface area contributed by atoms with Crippen LogP contribution in [-0.4, -0.2) is 30.7 Å². The van der Waals surface area contributed by atoms with Crippen LogP contribution in [0.1, 0.15) is 6.92 Å². The Bertz CT molecular complexity index is 105. The second kappa shape index (κ2) is 11.9. The molecule has 66 valence electrons. The number of amides is 1. The third kappa shape index (κ3) is 17.6. The summed E-state index contributed by atoms with van der Waals surface area (Å²) in [7, 11) is 0. The molecule has 0 aromatic rings. The van der Waals surface area contributed by atoms with Gasteiger partial charge < -0.3 is 16.2 Å². The summed E-state index contributed by atoms with van der Waals surface area (Å²) < 4.78 is 0. The molecular formula is C7H16N2O2. The van der Waals surface area contributed by atoms with E-state index in [9.17, 15) is 4.79 Å². The predicted octanol–water partition coefficient (Wildman–Crippen LogP) is -0.754. The molecule has 0 fully saturated rings. The topological polar surface area (TPSA) is 75.4 Å². The zero-order chi connectivity index (χ0) is 9.11. The van der Waals surface area contributed by atoms with Crippen molar-refractivity contribution in [3.05, 3.63) is 12.7 Å². The molecule has 0 aliphatic heterocycles. The first-order chi connectivity index (χ1) is 5.22. The lowest BCUT2D eigenvalue weighted by Gasteiger charge is -1.94. The molecule has 0 rings (SSSR count). The van der Waals surface area contributed by atoms with Crippen LogP contribution in [0.5, 0.6) is 0 Å². The van der Waals surface area contributed by atoms with Crippen molar-refractivity contribution in [3.8, 4) is 0 Å². The smallest absolute Gasteiger partial charge is 0.243 e. The predicted molar refractivity (Wildman–Crippen MR) is 45.0 cm³/mol. The first-order valence-corrected chi connectivity index (χ1v) is 3.44. The molecule has 0 atom stereocenters. The number of carbonyl (C=O) groups excluding carboxylic acids is 1. The van der Waals surface area contributed by atoms with Gasteiger partial charge in [-0.25, -0.2) is 0 Å². The van der Waals surface area contributed by atoms with Crippen LogP contribution in [0.3, 0.4) is 0 Å². The van der Waals surface area contributed by atoms with E-state index in [-0.39, 0.29) is 12.5 Å². The molecule has 0 saturated heterocycles. The molecule has 4 N–H and O–H groups in total. The van der Waals surface area contributed by atoms with Gasteiger partial charge in [-0.05, 0) is 13.0 Å². The fourth-order valence-corrected chi connectivity index (χ4v) is 0.268. The Balaban J connectivity index is 0. The van der Waals surface area contributed by atoms with Gasteiger partial charge in [0.15, 0.2) is 0 Å². The standard InChI is InChI=1S/C5H10N2O.C2H6O/c1-2-5(8)7-4-3-6;1-2-3/h2H,1,3-4,6H2,(H,7,8);3H,2H2,1H3. The highest BCUT2D eigenvalue weighted by Gasteiger charge is 1.86. The van der Waals surface area contributed by atoms with Gasteiger partial charge in [0.2, 0.25) is 5.91 Å². The Morgan fingerprint density at radius 2 is 2.27 bits per heavy atom. The van der Waals surface area contributed by atoms with Gasteiger partial charge in [-0.3, -0.25) is 4.79 Å². The number of carbonyl (C=O) groups is 1. The lowest BCUT2D eigenvalue weighted by atomic mass is 10.5. The summed E-state index contributed by atoms with van der Waals surface area (Å²) >= 11 is 0. The number of aliphatic hydroxyl groups is 1.